The van der Waals surface area contributed by atoms with Gasteiger partial charge in [-0.15, -0.1) is 0 Å². The van der Waals surface area contributed by atoms with E-state index in [-0.39, 0.29) is 5.78 Å². The van der Waals surface area contributed by atoms with Gasteiger partial charge in [-0.25, -0.2) is 8.42 Å². The molecule has 1 heterocycles. The van der Waals surface area contributed by atoms with Crippen molar-refractivity contribution in [3.8, 4) is 11.1 Å². The van der Waals surface area contributed by atoms with Gasteiger partial charge in [-0.1, -0.05) is 60.2 Å². The van der Waals surface area contributed by atoms with Crippen LogP contribution in [-0.4, -0.2) is 25.1 Å². The van der Waals surface area contributed by atoms with Gasteiger partial charge in [0.05, 0.1) is 4.90 Å². The zero-order chi connectivity index (χ0) is 20.6. The maximum Gasteiger partial charge on any atom is 0.243 e. The number of carbonyl (C=O) groups excluding carboxylic acids is 1. The van der Waals surface area contributed by atoms with Gasteiger partial charge in [-0.05, 0) is 54.7 Å². The molecule has 0 saturated heterocycles. The molecule has 0 bridgehead atoms. The summed E-state index contributed by atoms with van der Waals surface area (Å²) in [5, 5.41) is 0. The lowest BCUT2D eigenvalue weighted by Gasteiger charge is -2.30. The number of hydrogen-bond donors (Lipinski definition) is 0. The fourth-order valence-corrected chi connectivity index (χ4v) is 5.31. The lowest BCUT2D eigenvalue weighted by molar-refractivity contribution is 0.101. The molecule has 0 N–H and O–H groups in total. The molecule has 3 aromatic carbocycles. The first-order chi connectivity index (χ1) is 13.9. The summed E-state index contributed by atoms with van der Waals surface area (Å²) < 4.78 is 27.9. The van der Waals surface area contributed by atoms with E-state index in [9.17, 15) is 13.2 Å². The normalized spacial score (nSPS) is 14.4. The van der Waals surface area contributed by atoms with E-state index in [1.54, 1.807) is 23.4 Å². The maximum atomic E-state index is 13.2. The Bertz CT molecular complexity index is 1180. The largest absolute Gasteiger partial charge is 0.294 e. The van der Waals surface area contributed by atoms with Crippen LogP contribution in [0.4, 0.5) is 0 Å². The second kappa shape index (κ2) is 7.58. The Morgan fingerprint density at radius 2 is 1.59 bits per heavy atom. The second-order valence-electron chi connectivity index (χ2n) is 7.45. The zero-order valence-electron chi connectivity index (χ0n) is 16.6. The number of Topliss-reactive ketones (excluding diaryl/α,β-unsaturated/α-hetero) is 1. The molecule has 0 aromatic heterocycles. The summed E-state index contributed by atoms with van der Waals surface area (Å²) >= 11 is 0. The first-order valence-corrected chi connectivity index (χ1v) is 11.1. The molecule has 148 valence electrons. The predicted octanol–water partition coefficient (Wildman–Crippen LogP) is 4.61. The maximum absolute atomic E-state index is 13.2. The molecule has 5 heteroatoms. The highest BCUT2D eigenvalue weighted by molar-refractivity contribution is 7.89. The number of aryl methyl sites for hydroxylation is 1. The van der Waals surface area contributed by atoms with Gasteiger partial charge in [0.1, 0.15) is 0 Å². The lowest BCUT2D eigenvalue weighted by Crippen LogP contribution is -2.36. The van der Waals surface area contributed by atoms with E-state index < -0.39 is 10.0 Å². The highest BCUT2D eigenvalue weighted by atomic mass is 32.2. The van der Waals surface area contributed by atoms with Crippen LogP contribution in [0.15, 0.2) is 71.6 Å². The van der Waals surface area contributed by atoms with Crippen molar-refractivity contribution in [1.29, 1.82) is 0 Å². The van der Waals surface area contributed by atoms with Crippen molar-refractivity contribution < 1.29 is 13.2 Å². The van der Waals surface area contributed by atoms with Gasteiger partial charge in [0.25, 0.3) is 0 Å². The summed E-state index contributed by atoms with van der Waals surface area (Å²) in [6.45, 7) is 4.24. The van der Waals surface area contributed by atoms with Crippen molar-refractivity contribution in [2.24, 2.45) is 0 Å². The van der Waals surface area contributed by atoms with E-state index in [1.165, 1.54) is 0 Å². The monoisotopic (exact) mass is 405 g/mol. The van der Waals surface area contributed by atoms with Crippen LogP contribution in [0, 0.1) is 6.92 Å². The minimum atomic E-state index is -3.58. The van der Waals surface area contributed by atoms with Crippen LogP contribution >= 0.6 is 0 Å². The summed E-state index contributed by atoms with van der Waals surface area (Å²) in [5.74, 6) is -0.00172. The Balaban J connectivity index is 1.77. The molecule has 29 heavy (non-hydrogen) atoms. The van der Waals surface area contributed by atoms with Gasteiger partial charge in [0.15, 0.2) is 5.78 Å². The van der Waals surface area contributed by atoms with Gasteiger partial charge in [-0.2, -0.15) is 4.31 Å². The smallest absolute Gasteiger partial charge is 0.243 e. The Labute approximate surface area is 171 Å². The van der Waals surface area contributed by atoms with Crippen molar-refractivity contribution in [1.82, 2.24) is 4.31 Å². The van der Waals surface area contributed by atoms with E-state index in [2.05, 4.69) is 0 Å². The van der Waals surface area contributed by atoms with Gasteiger partial charge in [-0.3, -0.25) is 4.79 Å². The van der Waals surface area contributed by atoms with Crippen molar-refractivity contribution in [3.05, 3.63) is 89.0 Å². The molecule has 0 radical (unpaired) electrons. The van der Waals surface area contributed by atoms with E-state index in [0.717, 1.165) is 27.8 Å². The van der Waals surface area contributed by atoms with Crippen LogP contribution in [0.2, 0.25) is 0 Å². The van der Waals surface area contributed by atoms with Crippen LogP contribution in [0.1, 0.15) is 34.0 Å². The highest BCUT2D eigenvalue weighted by Gasteiger charge is 2.30. The number of benzene rings is 3. The molecule has 1 aliphatic heterocycles. The molecule has 4 rings (SSSR count). The molecule has 0 unspecified atom stereocenters. The van der Waals surface area contributed by atoms with Gasteiger partial charge in [0.2, 0.25) is 10.0 Å². The molecule has 1 aliphatic rings. The standard InChI is InChI=1S/C24H23NO3S/c1-17-10-12-20(13-11-17)29(27,28)25-15-14-19-6-5-9-23(24(19)16-25)22-8-4-3-7-21(22)18(2)26/h3-13H,14-16H2,1-2H3. The summed E-state index contributed by atoms with van der Waals surface area (Å²) in [4.78, 5) is 12.5. The quantitative estimate of drug-likeness (QED) is 0.596. The SMILES string of the molecule is CC(=O)c1ccccc1-c1cccc2c1CN(S(=O)(=O)c1ccc(C)cc1)CC2. The average molecular weight is 406 g/mol. The number of carbonyl (C=O) groups is 1. The minimum Gasteiger partial charge on any atom is -0.294 e. The van der Waals surface area contributed by atoms with Crippen LogP contribution in [0.3, 0.4) is 0 Å². The number of hydrogen-bond acceptors (Lipinski definition) is 3. The molecule has 0 aliphatic carbocycles. The Hall–Kier alpha value is -2.76. The third-order valence-electron chi connectivity index (χ3n) is 5.49. The van der Waals surface area contributed by atoms with Gasteiger partial charge >= 0.3 is 0 Å². The van der Waals surface area contributed by atoms with Crippen molar-refractivity contribution >= 4 is 15.8 Å². The second-order valence-corrected chi connectivity index (χ2v) is 9.38. The molecule has 0 fully saturated rings. The molecular formula is C24H23NO3S. The topological polar surface area (TPSA) is 54.5 Å². The number of rotatable bonds is 4. The third-order valence-corrected chi connectivity index (χ3v) is 7.35. The van der Waals surface area contributed by atoms with Crippen molar-refractivity contribution in [2.45, 2.75) is 31.7 Å². The molecule has 0 atom stereocenters. The molecule has 0 spiro atoms. The summed E-state index contributed by atoms with van der Waals surface area (Å²) in [5.41, 5.74) is 5.57. The fraction of sp³-hybridized carbons (Fsp3) is 0.208. The molecule has 0 amide bonds. The Morgan fingerprint density at radius 1 is 0.897 bits per heavy atom. The van der Waals surface area contributed by atoms with E-state index >= 15 is 0 Å². The minimum absolute atomic E-state index is 0.00172. The van der Waals surface area contributed by atoms with Crippen LogP contribution in [-0.2, 0) is 23.0 Å². The Kier molecular flexibility index (Phi) is 5.11. The number of ketones is 1. The van der Waals surface area contributed by atoms with E-state index in [1.807, 2.05) is 61.5 Å². The van der Waals surface area contributed by atoms with Gasteiger partial charge in [0, 0.05) is 18.7 Å². The number of sulfonamides is 1. The predicted molar refractivity (Wildman–Crippen MR) is 114 cm³/mol. The fourth-order valence-electron chi connectivity index (χ4n) is 3.90. The van der Waals surface area contributed by atoms with E-state index in [4.69, 9.17) is 0 Å². The molecule has 0 saturated carbocycles. The van der Waals surface area contributed by atoms with Gasteiger partial charge < -0.3 is 0 Å². The zero-order valence-corrected chi connectivity index (χ0v) is 17.4. The average Bonchev–Trinajstić information content (AvgIpc) is 2.73. The van der Waals surface area contributed by atoms with E-state index in [0.29, 0.717) is 30.0 Å². The summed E-state index contributed by atoms with van der Waals surface area (Å²) in [6, 6.07) is 20.5. The third kappa shape index (κ3) is 3.63. The van der Waals surface area contributed by atoms with Crippen LogP contribution in [0.25, 0.3) is 11.1 Å². The van der Waals surface area contributed by atoms with Crippen LogP contribution in [0.5, 0.6) is 0 Å². The number of nitrogens with zero attached hydrogens (tertiary/aromatic N) is 1. The first kappa shape index (κ1) is 19.6. The molecule has 3 aromatic rings. The molecular weight excluding hydrogens is 382 g/mol. The van der Waals surface area contributed by atoms with Crippen molar-refractivity contribution in [2.75, 3.05) is 6.54 Å². The Morgan fingerprint density at radius 3 is 2.31 bits per heavy atom. The lowest BCUT2D eigenvalue weighted by atomic mass is 9.89. The number of fused-ring (bicyclic) bond motifs is 1. The summed E-state index contributed by atoms with van der Waals surface area (Å²) in [6.07, 6.45) is 0.649. The molecule has 4 nitrogen and oxygen atoms in total. The summed E-state index contributed by atoms with van der Waals surface area (Å²) in [7, 11) is -3.58. The highest BCUT2D eigenvalue weighted by Crippen LogP contribution is 2.34. The van der Waals surface area contributed by atoms with Crippen LogP contribution < -0.4 is 0 Å². The first-order valence-electron chi connectivity index (χ1n) is 9.66. The van der Waals surface area contributed by atoms with Crippen molar-refractivity contribution in [3.63, 3.8) is 0 Å².